The van der Waals surface area contributed by atoms with Crippen LogP contribution in [0.2, 0.25) is 0 Å². The first-order valence-corrected chi connectivity index (χ1v) is 6.96. The molecule has 0 amide bonds. The van der Waals surface area contributed by atoms with E-state index in [2.05, 4.69) is 16.0 Å². The van der Waals surface area contributed by atoms with Crippen molar-refractivity contribution in [3.05, 3.63) is 35.2 Å². The number of anilines is 2. The highest BCUT2D eigenvalue weighted by molar-refractivity contribution is 5.44. The molecule has 1 aromatic heterocycles. The van der Waals surface area contributed by atoms with Gasteiger partial charge in [-0.2, -0.15) is 4.98 Å². The number of nitrogens with two attached hydrogens (primary N) is 2. The highest BCUT2D eigenvalue weighted by atomic mass is 16.5. The fourth-order valence-corrected chi connectivity index (χ4v) is 2.51. The number of methoxy groups -OCH3 is 2. The van der Waals surface area contributed by atoms with Crippen LogP contribution in [0.3, 0.4) is 0 Å². The van der Waals surface area contributed by atoms with Gasteiger partial charge in [0.1, 0.15) is 11.6 Å². The Hall–Kier alpha value is -2.12. The van der Waals surface area contributed by atoms with Gasteiger partial charge in [0, 0.05) is 31.4 Å². The third kappa shape index (κ3) is 3.20. The SMILES string of the molecule is COC1=CC(OC)(N(C)C)C=C(Cc2cnc(N)nc2N)C1. The lowest BCUT2D eigenvalue weighted by atomic mass is 9.93. The van der Waals surface area contributed by atoms with Crippen LogP contribution in [0.5, 0.6) is 0 Å². The van der Waals surface area contributed by atoms with Crippen LogP contribution in [-0.4, -0.2) is 48.9 Å². The maximum absolute atomic E-state index is 5.92. The lowest BCUT2D eigenvalue weighted by Crippen LogP contribution is -2.44. The second-order valence-electron chi connectivity index (χ2n) is 5.46. The van der Waals surface area contributed by atoms with Crippen LogP contribution in [-0.2, 0) is 15.9 Å². The summed E-state index contributed by atoms with van der Waals surface area (Å²) in [4.78, 5) is 9.99. The number of nitrogens with zero attached hydrogens (tertiary/aromatic N) is 3. The fraction of sp³-hybridized carbons (Fsp3) is 0.467. The zero-order chi connectivity index (χ0) is 16.3. The van der Waals surface area contributed by atoms with Crippen molar-refractivity contribution in [2.24, 2.45) is 0 Å². The van der Waals surface area contributed by atoms with Crippen LogP contribution < -0.4 is 11.5 Å². The summed E-state index contributed by atoms with van der Waals surface area (Å²) in [6.07, 6.45) is 7.02. The van der Waals surface area contributed by atoms with Crippen molar-refractivity contribution in [2.75, 3.05) is 39.8 Å². The van der Waals surface area contributed by atoms with E-state index in [0.717, 1.165) is 16.9 Å². The molecule has 120 valence electrons. The van der Waals surface area contributed by atoms with Crippen LogP contribution in [0.4, 0.5) is 11.8 Å². The summed E-state index contributed by atoms with van der Waals surface area (Å²) < 4.78 is 11.1. The monoisotopic (exact) mass is 305 g/mol. The van der Waals surface area contributed by atoms with Gasteiger partial charge in [0.15, 0.2) is 5.72 Å². The van der Waals surface area contributed by atoms with Crippen LogP contribution in [0.15, 0.2) is 29.7 Å². The van der Waals surface area contributed by atoms with Crippen molar-refractivity contribution in [2.45, 2.75) is 18.6 Å². The minimum Gasteiger partial charge on any atom is -0.501 e. The Morgan fingerprint density at radius 1 is 1.27 bits per heavy atom. The summed E-state index contributed by atoms with van der Waals surface area (Å²) in [5.41, 5.74) is 12.8. The normalized spacial score (nSPS) is 21.5. The van der Waals surface area contributed by atoms with Crippen LogP contribution in [0.25, 0.3) is 0 Å². The number of hydrogen-bond donors (Lipinski definition) is 2. The van der Waals surface area contributed by atoms with Gasteiger partial charge < -0.3 is 20.9 Å². The van der Waals surface area contributed by atoms with E-state index in [1.807, 2.05) is 25.1 Å². The molecule has 1 atom stereocenters. The maximum atomic E-state index is 5.92. The summed E-state index contributed by atoms with van der Waals surface area (Å²) in [5, 5.41) is 0. The van der Waals surface area contributed by atoms with E-state index in [9.17, 15) is 0 Å². The average molecular weight is 305 g/mol. The molecule has 0 bridgehead atoms. The summed E-state index contributed by atoms with van der Waals surface area (Å²) in [6.45, 7) is 0. The number of ether oxygens (including phenoxy) is 2. The van der Waals surface area contributed by atoms with Gasteiger partial charge in [-0.25, -0.2) is 4.98 Å². The minimum atomic E-state index is -0.637. The second kappa shape index (κ2) is 6.33. The van der Waals surface area contributed by atoms with E-state index in [1.165, 1.54) is 0 Å². The summed E-state index contributed by atoms with van der Waals surface area (Å²) >= 11 is 0. The lowest BCUT2D eigenvalue weighted by Gasteiger charge is -2.37. The highest BCUT2D eigenvalue weighted by Crippen LogP contribution is 2.32. The molecule has 1 aromatic rings. The molecule has 7 nitrogen and oxygen atoms in total. The van der Waals surface area contributed by atoms with E-state index in [4.69, 9.17) is 20.9 Å². The smallest absolute Gasteiger partial charge is 0.221 e. The molecular formula is C15H23N5O2. The highest BCUT2D eigenvalue weighted by Gasteiger charge is 2.32. The maximum Gasteiger partial charge on any atom is 0.221 e. The summed E-state index contributed by atoms with van der Waals surface area (Å²) in [5.74, 6) is 1.42. The first-order chi connectivity index (χ1) is 10.4. The van der Waals surface area contributed by atoms with Crippen molar-refractivity contribution in [1.29, 1.82) is 0 Å². The number of hydrogen-bond acceptors (Lipinski definition) is 7. The number of nitrogen functional groups attached to an aromatic ring is 2. The van der Waals surface area contributed by atoms with E-state index in [1.54, 1.807) is 20.4 Å². The predicted molar refractivity (Wildman–Crippen MR) is 85.8 cm³/mol. The third-order valence-corrected chi connectivity index (χ3v) is 3.80. The van der Waals surface area contributed by atoms with E-state index < -0.39 is 5.72 Å². The van der Waals surface area contributed by atoms with E-state index >= 15 is 0 Å². The largest absolute Gasteiger partial charge is 0.501 e. The molecule has 7 heteroatoms. The average Bonchev–Trinajstić information content (AvgIpc) is 2.49. The molecule has 0 saturated carbocycles. The Morgan fingerprint density at radius 2 is 2.00 bits per heavy atom. The van der Waals surface area contributed by atoms with E-state index in [0.29, 0.717) is 18.7 Å². The zero-order valence-corrected chi connectivity index (χ0v) is 13.5. The predicted octanol–water partition coefficient (Wildman–Crippen LogP) is 0.948. The molecule has 1 aliphatic rings. The van der Waals surface area contributed by atoms with Crippen LogP contribution in [0, 0.1) is 0 Å². The lowest BCUT2D eigenvalue weighted by molar-refractivity contribution is -0.0396. The molecule has 0 aromatic carbocycles. The third-order valence-electron chi connectivity index (χ3n) is 3.80. The van der Waals surface area contributed by atoms with Crippen molar-refractivity contribution in [3.63, 3.8) is 0 Å². The van der Waals surface area contributed by atoms with Crippen molar-refractivity contribution in [1.82, 2.24) is 14.9 Å². The zero-order valence-electron chi connectivity index (χ0n) is 13.5. The quantitative estimate of drug-likeness (QED) is 0.617. The molecular weight excluding hydrogens is 282 g/mol. The molecule has 2 rings (SSSR count). The molecule has 0 fully saturated rings. The number of likely N-dealkylation sites (N-methyl/N-ethyl adjacent to an activating group) is 1. The van der Waals surface area contributed by atoms with Crippen LogP contribution >= 0.6 is 0 Å². The van der Waals surface area contributed by atoms with Gasteiger partial charge in [0.2, 0.25) is 5.95 Å². The first-order valence-electron chi connectivity index (χ1n) is 6.96. The topological polar surface area (TPSA) is 99.5 Å². The molecule has 4 N–H and O–H groups in total. The molecule has 0 aliphatic heterocycles. The molecule has 1 unspecified atom stereocenters. The Bertz CT molecular complexity index is 612. The Labute approximate surface area is 130 Å². The Morgan fingerprint density at radius 3 is 2.55 bits per heavy atom. The van der Waals surface area contributed by atoms with Gasteiger partial charge in [0.25, 0.3) is 0 Å². The fourth-order valence-electron chi connectivity index (χ4n) is 2.51. The molecule has 0 spiro atoms. The van der Waals surface area contributed by atoms with Gasteiger partial charge in [-0.05, 0) is 26.6 Å². The standard InChI is InChI=1S/C15H23N5O2/c1-20(2)15(22-4)7-10(6-12(8-15)21-3)5-11-9-18-14(17)19-13(11)16/h7-9H,5-6H2,1-4H3,(H4,16,17,18,19). The molecule has 1 aliphatic carbocycles. The van der Waals surface area contributed by atoms with Crippen molar-refractivity contribution >= 4 is 11.8 Å². The molecule has 22 heavy (non-hydrogen) atoms. The van der Waals surface area contributed by atoms with Gasteiger partial charge in [-0.3, -0.25) is 4.90 Å². The van der Waals surface area contributed by atoms with Gasteiger partial charge >= 0.3 is 0 Å². The van der Waals surface area contributed by atoms with Crippen LogP contribution in [0.1, 0.15) is 12.0 Å². The van der Waals surface area contributed by atoms with Gasteiger partial charge in [-0.15, -0.1) is 0 Å². The molecule has 0 saturated heterocycles. The Kier molecular flexibility index (Phi) is 4.68. The summed E-state index contributed by atoms with van der Waals surface area (Å²) in [6, 6.07) is 0. The number of allylic oxidation sites excluding steroid dienone is 1. The van der Waals surface area contributed by atoms with Gasteiger partial charge in [-0.1, -0.05) is 5.57 Å². The van der Waals surface area contributed by atoms with Gasteiger partial charge in [0.05, 0.1) is 7.11 Å². The Balaban J connectivity index is 2.33. The number of rotatable bonds is 5. The molecule has 1 heterocycles. The second-order valence-corrected chi connectivity index (χ2v) is 5.46. The number of aromatic nitrogens is 2. The van der Waals surface area contributed by atoms with Crippen molar-refractivity contribution < 1.29 is 9.47 Å². The minimum absolute atomic E-state index is 0.177. The first kappa shape index (κ1) is 16.3. The van der Waals surface area contributed by atoms with Crippen molar-refractivity contribution in [3.8, 4) is 0 Å². The van der Waals surface area contributed by atoms with E-state index in [-0.39, 0.29) is 5.95 Å². The summed E-state index contributed by atoms with van der Waals surface area (Å²) in [7, 11) is 7.23. The molecule has 0 radical (unpaired) electrons.